The molecule has 4 aromatic carbocycles. The molecule has 0 aliphatic carbocycles. The van der Waals surface area contributed by atoms with Crippen molar-refractivity contribution in [3.05, 3.63) is 150 Å². The van der Waals surface area contributed by atoms with Crippen molar-refractivity contribution in [3.8, 4) is 11.5 Å². The molecule has 0 atom stereocenters. The van der Waals surface area contributed by atoms with Crippen LogP contribution in [0.5, 0.6) is 11.5 Å². The molecule has 0 saturated carbocycles. The number of pyridine rings is 1. The van der Waals surface area contributed by atoms with Crippen molar-refractivity contribution in [2.24, 2.45) is 0 Å². The van der Waals surface area contributed by atoms with Crippen LogP contribution in [0.25, 0.3) is 16.3 Å². The van der Waals surface area contributed by atoms with Crippen molar-refractivity contribution in [1.82, 2.24) is 4.40 Å². The highest BCUT2D eigenvalue weighted by molar-refractivity contribution is 6.25. The number of ether oxygens (including phenoxy) is 2. The molecule has 2 aromatic heterocycles. The maximum atomic E-state index is 14.1. The zero-order valence-electron chi connectivity index (χ0n) is 20.6. The molecule has 0 bridgehead atoms. The Kier molecular flexibility index (Phi) is 6.19. The molecular weight excluding hydrogens is 490 g/mol. The second-order valence-electron chi connectivity index (χ2n) is 8.82. The first-order valence-corrected chi connectivity index (χ1v) is 12.3. The first-order valence-electron chi connectivity index (χ1n) is 12.3. The number of benzene rings is 4. The Bertz CT molecular complexity index is 1840. The normalized spacial score (nSPS) is 10.9. The standard InChI is InChI=1S/C33H21NO5/c35-31(23-13-4-1-5-14-23)27-28(32(36)38-24-15-6-2-7-16-24)30(33(37)39-25-17-8-3-9-18-25)34-21-20-22-12-10-11-19-26(22)29(27)34/h1-21H. The maximum absolute atomic E-state index is 14.1. The molecule has 2 heterocycles. The largest absolute Gasteiger partial charge is 0.423 e. The lowest BCUT2D eigenvalue weighted by molar-refractivity contribution is 0.0686. The fraction of sp³-hybridized carbons (Fsp3) is 0. The first kappa shape index (κ1) is 23.9. The van der Waals surface area contributed by atoms with E-state index in [9.17, 15) is 14.4 Å². The molecule has 0 N–H and O–H groups in total. The molecule has 0 aliphatic rings. The molecule has 0 unspecified atom stereocenters. The summed E-state index contributed by atoms with van der Waals surface area (Å²) >= 11 is 0. The van der Waals surface area contributed by atoms with E-state index in [4.69, 9.17) is 9.47 Å². The fourth-order valence-electron chi connectivity index (χ4n) is 4.66. The zero-order chi connectivity index (χ0) is 26.8. The Morgan fingerprint density at radius 1 is 0.538 bits per heavy atom. The van der Waals surface area contributed by atoms with Crippen molar-refractivity contribution in [3.63, 3.8) is 0 Å². The van der Waals surface area contributed by atoms with Gasteiger partial charge in [0.25, 0.3) is 0 Å². The van der Waals surface area contributed by atoms with Gasteiger partial charge in [-0.1, -0.05) is 91.0 Å². The molecule has 0 saturated heterocycles. The highest BCUT2D eigenvalue weighted by Crippen LogP contribution is 2.33. The van der Waals surface area contributed by atoms with Gasteiger partial charge in [-0.05, 0) is 35.7 Å². The highest BCUT2D eigenvalue weighted by Gasteiger charge is 2.35. The molecule has 39 heavy (non-hydrogen) atoms. The summed E-state index contributed by atoms with van der Waals surface area (Å²) in [4.78, 5) is 41.7. The minimum atomic E-state index is -0.840. The summed E-state index contributed by atoms with van der Waals surface area (Å²) in [6, 6.07) is 35.0. The summed E-state index contributed by atoms with van der Waals surface area (Å²) in [6.45, 7) is 0. The van der Waals surface area contributed by atoms with E-state index < -0.39 is 17.7 Å². The number of hydrogen-bond donors (Lipinski definition) is 0. The van der Waals surface area contributed by atoms with Crippen molar-refractivity contribution in [2.75, 3.05) is 0 Å². The van der Waals surface area contributed by atoms with Crippen LogP contribution in [-0.4, -0.2) is 22.1 Å². The van der Waals surface area contributed by atoms with Gasteiger partial charge in [0.05, 0.1) is 11.1 Å². The van der Waals surface area contributed by atoms with Crippen LogP contribution in [0.2, 0.25) is 0 Å². The molecule has 0 fully saturated rings. The average Bonchev–Trinajstić information content (AvgIpc) is 3.34. The third kappa shape index (κ3) is 4.45. The van der Waals surface area contributed by atoms with Crippen molar-refractivity contribution < 1.29 is 23.9 Å². The third-order valence-corrected chi connectivity index (χ3v) is 6.39. The van der Waals surface area contributed by atoms with E-state index in [1.54, 1.807) is 102 Å². The molecule has 6 nitrogen and oxygen atoms in total. The predicted octanol–water partition coefficient (Wildman–Crippen LogP) is 6.76. The molecule has 6 rings (SSSR count). The minimum absolute atomic E-state index is 0.0685. The Labute approximate surface area is 223 Å². The van der Waals surface area contributed by atoms with E-state index in [1.165, 1.54) is 0 Å². The van der Waals surface area contributed by atoms with Crippen LogP contribution in [0.15, 0.2) is 128 Å². The van der Waals surface area contributed by atoms with Crippen molar-refractivity contribution >= 4 is 34.0 Å². The van der Waals surface area contributed by atoms with Crippen LogP contribution in [0.4, 0.5) is 0 Å². The molecule has 0 radical (unpaired) electrons. The first-order chi connectivity index (χ1) is 19.1. The average molecular weight is 512 g/mol. The summed E-state index contributed by atoms with van der Waals surface area (Å²) in [6.07, 6.45) is 1.67. The summed E-state index contributed by atoms with van der Waals surface area (Å²) in [7, 11) is 0. The van der Waals surface area contributed by atoms with Gasteiger partial charge in [0.2, 0.25) is 0 Å². The number of carbonyl (C=O) groups is 3. The lowest BCUT2D eigenvalue weighted by Crippen LogP contribution is -2.20. The quantitative estimate of drug-likeness (QED) is 0.140. The van der Waals surface area contributed by atoms with Crippen molar-refractivity contribution in [1.29, 1.82) is 0 Å². The molecule has 0 aliphatic heterocycles. The summed E-state index contributed by atoms with van der Waals surface area (Å²) < 4.78 is 12.9. The minimum Gasteiger partial charge on any atom is -0.423 e. The van der Waals surface area contributed by atoms with Gasteiger partial charge in [-0.15, -0.1) is 0 Å². The van der Waals surface area contributed by atoms with Gasteiger partial charge in [-0.2, -0.15) is 0 Å². The predicted molar refractivity (Wildman–Crippen MR) is 148 cm³/mol. The summed E-state index contributed by atoms with van der Waals surface area (Å²) in [5, 5.41) is 1.54. The number of para-hydroxylation sites is 2. The molecule has 6 aromatic rings. The zero-order valence-corrected chi connectivity index (χ0v) is 20.6. The van der Waals surface area contributed by atoms with E-state index in [1.807, 2.05) is 30.3 Å². The van der Waals surface area contributed by atoms with Gasteiger partial charge < -0.3 is 13.9 Å². The molecule has 6 heteroatoms. The SMILES string of the molecule is O=C(Oc1ccccc1)c1c(C(=O)c2ccccc2)c2c3ccccc3ccn2c1C(=O)Oc1ccccc1. The summed E-state index contributed by atoms with van der Waals surface area (Å²) in [5.41, 5.74) is 0.598. The maximum Gasteiger partial charge on any atom is 0.361 e. The third-order valence-electron chi connectivity index (χ3n) is 6.39. The van der Waals surface area contributed by atoms with E-state index in [0.717, 1.165) is 5.39 Å². The number of carbonyl (C=O) groups excluding carboxylic acids is 3. The number of fused-ring (bicyclic) bond motifs is 3. The van der Waals surface area contributed by atoms with Gasteiger partial charge in [-0.25, -0.2) is 9.59 Å². The number of hydrogen-bond acceptors (Lipinski definition) is 5. The fourth-order valence-corrected chi connectivity index (χ4v) is 4.66. The van der Waals surface area contributed by atoms with Gasteiger partial charge in [0.1, 0.15) is 22.8 Å². The van der Waals surface area contributed by atoms with Crippen LogP contribution in [0.1, 0.15) is 36.8 Å². The molecule has 188 valence electrons. The van der Waals surface area contributed by atoms with E-state index in [2.05, 4.69) is 0 Å². The Morgan fingerprint density at radius 3 is 1.72 bits per heavy atom. The molecular formula is C33H21NO5. The van der Waals surface area contributed by atoms with Crippen LogP contribution in [0.3, 0.4) is 0 Å². The van der Waals surface area contributed by atoms with Gasteiger partial charge in [0, 0.05) is 17.1 Å². The van der Waals surface area contributed by atoms with Gasteiger partial charge in [0.15, 0.2) is 5.78 Å². The van der Waals surface area contributed by atoms with E-state index in [0.29, 0.717) is 22.2 Å². The number of aromatic nitrogens is 1. The van der Waals surface area contributed by atoms with Crippen LogP contribution in [0, 0.1) is 0 Å². The van der Waals surface area contributed by atoms with E-state index in [-0.39, 0.29) is 22.6 Å². The second kappa shape index (κ2) is 10.1. The van der Waals surface area contributed by atoms with Crippen molar-refractivity contribution in [2.45, 2.75) is 0 Å². The van der Waals surface area contributed by atoms with E-state index >= 15 is 0 Å². The topological polar surface area (TPSA) is 74.1 Å². The summed E-state index contributed by atoms with van der Waals surface area (Å²) in [5.74, 6) is -1.46. The van der Waals surface area contributed by atoms with Crippen LogP contribution < -0.4 is 9.47 Å². The highest BCUT2D eigenvalue weighted by atomic mass is 16.5. The Morgan fingerprint density at radius 2 is 1.08 bits per heavy atom. The van der Waals surface area contributed by atoms with Gasteiger partial charge in [-0.3, -0.25) is 4.79 Å². The number of ketones is 1. The van der Waals surface area contributed by atoms with Gasteiger partial charge >= 0.3 is 11.9 Å². The van der Waals surface area contributed by atoms with Crippen LogP contribution in [-0.2, 0) is 0 Å². The van der Waals surface area contributed by atoms with Crippen LogP contribution >= 0.6 is 0 Å². The number of esters is 2. The Balaban J connectivity index is 1.66. The number of nitrogens with zero attached hydrogens (tertiary/aromatic N) is 1. The number of rotatable bonds is 6. The lowest BCUT2D eigenvalue weighted by atomic mass is 9.97. The monoisotopic (exact) mass is 511 g/mol. The molecule has 0 amide bonds. The molecule has 0 spiro atoms. The lowest BCUT2D eigenvalue weighted by Gasteiger charge is -2.09. The Hall–Kier alpha value is -5.49. The smallest absolute Gasteiger partial charge is 0.361 e. The second-order valence-corrected chi connectivity index (χ2v) is 8.82.